The van der Waals surface area contributed by atoms with Gasteiger partial charge in [-0.15, -0.1) is 0 Å². The number of nitrogens with two attached hydrogens (primary N) is 1. The van der Waals surface area contributed by atoms with Crippen LogP contribution in [0.1, 0.15) is 36.0 Å². The quantitative estimate of drug-likeness (QED) is 0.718. The van der Waals surface area contributed by atoms with Gasteiger partial charge in [0.2, 0.25) is 11.8 Å². The van der Waals surface area contributed by atoms with E-state index in [4.69, 9.17) is 10.5 Å². The highest BCUT2D eigenvalue weighted by Crippen LogP contribution is 2.32. The molecule has 0 bridgehead atoms. The minimum Gasteiger partial charge on any atom is -0.456 e. The Morgan fingerprint density at radius 1 is 1.37 bits per heavy atom. The Morgan fingerprint density at radius 2 is 2.19 bits per heavy atom. The molecule has 0 saturated heterocycles. The molecule has 4 N–H and O–H groups in total. The van der Waals surface area contributed by atoms with E-state index in [0.29, 0.717) is 11.8 Å². The second kappa shape index (κ2) is 7.03. The van der Waals surface area contributed by atoms with Gasteiger partial charge >= 0.3 is 0 Å². The second-order valence-electron chi connectivity index (χ2n) is 7.00. The number of nitrogens with zero attached hydrogens (tertiary/aromatic N) is 5. The molecule has 144 valence electrons. The van der Waals surface area contributed by atoms with Crippen LogP contribution in [0.2, 0.25) is 0 Å². The number of likely N-dealkylation sites (N-methyl/N-ethyl adjacent to an activating group) is 1. The zero-order valence-electron chi connectivity index (χ0n) is 15.5. The van der Waals surface area contributed by atoms with Crippen molar-refractivity contribution in [2.45, 2.75) is 37.8 Å². The van der Waals surface area contributed by atoms with Gasteiger partial charge in [0.05, 0.1) is 11.9 Å². The van der Waals surface area contributed by atoms with Crippen LogP contribution in [0.25, 0.3) is 0 Å². The van der Waals surface area contributed by atoms with E-state index in [0.717, 1.165) is 31.4 Å². The standard InChI is InChI=1S/C17H24N8O2/c1-24-8-10(7-20-24)21-14-13-15(26)19-9-27-16(13)23-17(22-14)25(2)12-6-4-3-5-11(12)18/h7-8,11-12H,3-6,9,18H2,1-2H3,(H,19,26)(H,21,22,23)/t11-,12+/m0/s1. The highest BCUT2D eigenvalue weighted by atomic mass is 16.5. The third-order valence-electron chi connectivity index (χ3n) is 5.09. The summed E-state index contributed by atoms with van der Waals surface area (Å²) < 4.78 is 7.25. The summed E-state index contributed by atoms with van der Waals surface area (Å²) >= 11 is 0. The van der Waals surface area contributed by atoms with Gasteiger partial charge in [0, 0.05) is 32.4 Å². The molecule has 0 aromatic carbocycles. The average molecular weight is 372 g/mol. The number of carbonyl (C=O) groups excluding carboxylic acids is 1. The number of amides is 1. The highest BCUT2D eigenvalue weighted by Gasteiger charge is 2.31. The fourth-order valence-electron chi connectivity index (χ4n) is 3.64. The molecule has 2 atom stereocenters. The minimum absolute atomic E-state index is 0.0716. The van der Waals surface area contributed by atoms with Crippen LogP contribution in [0.15, 0.2) is 12.4 Å². The number of ether oxygens (including phenoxy) is 1. The molecule has 10 nitrogen and oxygen atoms in total. The van der Waals surface area contributed by atoms with Crippen LogP contribution >= 0.6 is 0 Å². The summed E-state index contributed by atoms with van der Waals surface area (Å²) in [5.41, 5.74) is 7.33. The highest BCUT2D eigenvalue weighted by molar-refractivity contribution is 6.02. The molecule has 1 fully saturated rings. The summed E-state index contributed by atoms with van der Waals surface area (Å²) in [7, 11) is 3.76. The first-order valence-electron chi connectivity index (χ1n) is 9.10. The smallest absolute Gasteiger partial charge is 0.263 e. The van der Waals surface area contributed by atoms with Crippen molar-refractivity contribution in [2.24, 2.45) is 12.8 Å². The predicted molar refractivity (Wildman–Crippen MR) is 100 cm³/mol. The number of fused-ring (bicyclic) bond motifs is 1. The molecule has 3 heterocycles. The Balaban J connectivity index is 1.72. The molecule has 0 unspecified atom stereocenters. The lowest BCUT2D eigenvalue weighted by Gasteiger charge is -2.36. The van der Waals surface area contributed by atoms with E-state index in [2.05, 4.69) is 25.7 Å². The lowest BCUT2D eigenvalue weighted by molar-refractivity contribution is 0.0878. The number of anilines is 3. The van der Waals surface area contributed by atoms with Crippen LogP contribution in [0, 0.1) is 0 Å². The van der Waals surface area contributed by atoms with E-state index in [9.17, 15) is 4.79 Å². The first kappa shape index (κ1) is 17.5. The van der Waals surface area contributed by atoms with Gasteiger partial charge in [-0.05, 0) is 12.8 Å². The Kier molecular flexibility index (Phi) is 4.56. The summed E-state index contributed by atoms with van der Waals surface area (Å²) in [5, 5.41) is 9.95. The van der Waals surface area contributed by atoms with Crippen molar-refractivity contribution in [2.75, 3.05) is 24.0 Å². The monoisotopic (exact) mass is 372 g/mol. The molecule has 2 aromatic heterocycles. The van der Waals surface area contributed by atoms with Gasteiger partial charge in [-0.1, -0.05) is 12.8 Å². The molecule has 1 aliphatic carbocycles. The Hall–Kier alpha value is -2.88. The maximum Gasteiger partial charge on any atom is 0.263 e. The Labute approximate surface area is 157 Å². The predicted octanol–water partition coefficient (Wildman–Crippen LogP) is 0.739. The second-order valence-corrected chi connectivity index (χ2v) is 7.00. The molecule has 4 rings (SSSR count). The van der Waals surface area contributed by atoms with Crippen molar-refractivity contribution < 1.29 is 9.53 Å². The van der Waals surface area contributed by atoms with E-state index < -0.39 is 0 Å². The van der Waals surface area contributed by atoms with Gasteiger partial charge in [0.1, 0.15) is 5.56 Å². The maximum absolute atomic E-state index is 12.4. The van der Waals surface area contributed by atoms with Crippen molar-refractivity contribution in [3.8, 4) is 5.88 Å². The van der Waals surface area contributed by atoms with Crippen molar-refractivity contribution in [1.82, 2.24) is 25.1 Å². The summed E-state index contributed by atoms with van der Waals surface area (Å²) in [6.07, 6.45) is 7.72. The normalized spacial score (nSPS) is 21.8. The number of hydrogen-bond acceptors (Lipinski definition) is 8. The zero-order valence-corrected chi connectivity index (χ0v) is 15.5. The summed E-state index contributed by atoms with van der Waals surface area (Å²) in [4.78, 5) is 23.5. The number of hydrogen-bond donors (Lipinski definition) is 3. The molecule has 0 spiro atoms. The first-order chi connectivity index (χ1) is 13.0. The fourth-order valence-corrected chi connectivity index (χ4v) is 3.64. The molecular weight excluding hydrogens is 348 g/mol. The zero-order chi connectivity index (χ0) is 19.0. The maximum atomic E-state index is 12.4. The average Bonchev–Trinajstić information content (AvgIpc) is 3.06. The van der Waals surface area contributed by atoms with E-state index in [1.165, 1.54) is 0 Å². The number of nitrogens with one attached hydrogen (secondary N) is 2. The number of carbonyl (C=O) groups is 1. The first-order valence-corrected chi connectivity index (χ1v) is 9.10. The molecular formula is C17H24N8O2. The molecule has 0 radical (unpaired) electrons. The number of aryl methyl sites for hydroxylation is 1. The molecule has 1 amide bonds. The van der Waals surface area contributed by atoms with Crippen LogP contribution < -0.4 is 26.0 Å². The van der Waals surface area contributed by atoms with E-state index in [-0.39, 0.29) is 36.2 Å². The lowest BCUT2D eigenvalue weighted by Crippen LogP contribution is -2.48. The van der Waals surface area contributed by atoms with Gasteiger partial charge < -0.3 is 26.0 Å². The van der Waals surface area contributed by atoms with E-state index in [1.54, 1.807) is 17.1 Å². The number of aromatic nitrogens is 4. The van der Waals surface area contributed by atoms with Crippen LogP contribution in [0.4, 0.5) is 17.5 Å². The van der Waals surface area contributed by atoms with Crippen LogP contribution in [-0.4, -0.2) is 51.5 Å². The van der Waals surface area contributed by atoms with Crippen LogP contribution in [0.3, 0.4) is 0 Å². The molecule has 10 heteroatoms. The summed E-state index contributed by atoms with van der Waals surface area (Å²) in [6, 6.07) is 0.225. The molecule has 27 heavy (non-hydrogen) atoms. The third kappa shape index (κ3) is 3.39. The fraction of sp³-hybridized carbons (Fsp3) is 0.529. The SMILES string of the molecule is CN(c1nc(Nc2cnn(C)c2)c2c(n1)OCNC2=O)[C@@H]1CCCC[C@@H]1N. The van der Waals surface area contributed by atoms with Gasteiger partial charge in [-0.2, -0.15) is 15.1 Å². The van der Waals surface area contributed by atoms with Gasteiger partial charge in [-0.3, -0.25) is 9.48 Å². The van der Waals surface area contributed by atoms with Crippen molar-refractivity contribution in [3.63, 3.8) is 0 Å². The van der Waals surface area contributed by atoms with Gasteiger partial charge in [0.25, 0.3) is 5.91 Å². The van der Waals surface area contributed by atoms with Crippen LogP contribution in [0.5, 0.6) is 5.88 Å². The van der Waals surface area contributed by atoms with Gasteiger partial charge in [-0.25, -0.2) is 0 Å². The Bertz CT molecular complexity index is 851. The largest absolute Gasteiger partial charge is 0.456 e. The van der Waals surface area contributed by atoms with Crippen molar-refractivity contribution >= 4 is 23.4 Å². The van der Waals surface area contributed by atoms with E-state index >= 15 is 0 Å². The summed E-state index contributed by atoms with van der Waals surface area (Å²) in [5.74, 6) is 0.867. The molecule has 2 aromatic rings. The van der Waals surface area contributed by atoms with Crippen molar-refractivity contribution in [3.05, 3.63) is 18.0 Å². The summed E-state index contributed by atoms with van der Waals surface area (Å²) in [6.45, 7) is 0.0846. The molecule has 1 aliphatic heterocycles. The topological polar surface area (TPSA) is 123 Å². The lowest BCUT2D eigenvalue weighted by atomic mass is 9.90. The third-order valence-corrected chi connectivity index (χ3v) is 5.09. The van der Waals surface area contributed by atoms with Gasteiger partial charge in [0.15, 0.2) is 12.5 Å². The van der Waals surface area contributed by atoms with Crippen LogP contribution in [-0.2, 0) is 7.05 Å². The molecule has 1 saturated carbocycles. The van der Waals surface area contributed by atoms with Crippen molar-refractivity contribution in [1.29, 1.82) is 0 Å². The number of rotatable bonds is 4. The molecule has 2 aliphatic rings. The minimum atomic E-state index is -0.272. The van der Waals surface area contributed by atoms with E-state index in [1.807, 2.05) is 19.0 Å². The Morgan fingerprint density at radius 3 is 2.93 bits per heavy atom.